The van der Waals surface area contributed by atoms with E-state index in [1.807, 2.05) is 19.9 Å². The van der Waals surface area contributed by atoms with Crippen molar-refractivity contribution in [2.24, 2.45) is 4.99 Å². The molecule has 0 aliphatic heterocycles. The molecule has 0 radical (unpaired) electrons. The zero-order valence-corrected chi connectivity index (χ0v) is 21.1. The number of halogens is 2. The van der Waals surface area contributed by atoms with Crippen molar-refractivity contribution in [2.45, 2.75) is 38.3 Å². The predicted octanol–water partition coefficient (Wildman–Crippen LogP) is 3.82. The molecule has 0 aromatic heterocycles. The molecule has 6 nitrogen and oxygen atoms in total. The van der Waals surface area contributed by atoms with Gasteiger partial charge in [-0.1, -0.05) is 24.3 Å². The monoisotopic (exact) mass is 548 g/mol. The summed E-state index contributed by atoms with van der Waals surface area (Å²) in [5, 5.41) is 6.44. The number of guanidine groups is 1. The highest BCUT2D eigenvalue weighted by Crippen LogP contribution is 2.17. The zero-order valence-electron chi connectivity index (χ0n) is 17.9. The van der Waals surface area contributed by atoms with Crippen LogP contribution in [0, 0.1) is 12.7 Å². The third-order valence-corrected chi connectivity index (χ3v) is 6.34. The average Bonchev–Trinajstić information content (AvgIpc) is 2.68. The van der Waals surface area contributed by atoms with Gasteiger partial charge in [0.25, 0.3) is 0 Å². The lowest BCUT2D eigenvalue weighted by Crippen LogP contribution is -2.38. The summed E-state index contributed by atoms with van der Waals surface area (Å²) in [6.45, 7) is 6.71. The summed E-state index contributed by atoms with van der Waals surface area (Å²) in [6.07, 6.45) is 0. The summed E-state index contributed by atoms with van der Waals surface area (Å²) in [4.78, 5) is 4.80. The topological polar surface area (TPSA) is 73.8 Å². The largest absolute Gasteiger partial charge is 0.357 e. The van der Waals surface area contributed by atoms with Gasteiger partial charge in [0, 0.05) is 20.6 Å². The first-order valence-corrected chi connectivity index (χ1v) is 10.9. The van der Waals surface area contributed by atoms with Crippen LogP contribution < -0.4 is 10.6 Å². The third-order valence-electron chi connectivity index (χ3n) is 4.52. The van der Waals surface area contributed by atoms with E-state index in [1.165, 1.54) is 24.5 Å². The maximum Gasteiger partial charge on any atom is 0.242 e. The lowest BCUT2D eigenvalue weighted by atomic mass is 10.1. The van der Waals surface area contributed by atoms with Crippen molar-refractivity contribution >= 4 is 40.0 Å². The fourth-order valence-corrected chi connectivity index (χ4v) is 3.54. The minimum absolute atomic E-state index is 0. The molecule has 0 heterocycles. The highest BCUT2D eigenvalue weighted by atomic mass is 127. The van der Waals surface area contributed by atoms with Gasteiger partial charge >= 0.3 is 0 Å². The summed E-state index contributed by atoms with van der Waals surface area (Å²) in [6, 6.07) is 11.7. The van der Waals surface area contributed by atoms with Gasteiger partial charge in [-0.2, -0.15) is 0 Å². The molecule has 0 bridgehead atoms. The molecule has 0 amide bonds. The normalized spacial score (nSPS) is 13.0. The fraction of sp³-hybridized carbons (Fsp3) is 0.381. The van der Waals surface area contributed by atoms with Gasteiger partial charge in [0.15, 0.2) is 5.96 Å². The van der Waals surface area contributed by atoms with Gasteiger partial charge < -0.3 is 10.6 Å². The van der Waals surface area contributed by atoms with Crippen LogP contribution in [-0.4, -0.2) is 39.3 Å². The van der Waals surface area contributed by atoms with E-state index in [4.69, 9.17) is 0 Å². The SMILES string of the molecule is CCNC(=NCc1ccc(S(=O)(=O)N(C)C)cc1)NC(C)c1ccc(C)c(F)c1.I. The fourth-order valence-electron chi connectivity index (χ4n) is 2.63. The third kappa shape index (κ3) is 6.92. The predicted molar refractivity (Wildman–Crippen MR) is 130 cm³/mol. The Morgan fingerprint density at radius 1 is 1.17 bits per heavy atom. The van der Waals surface area contributed by atoms with Crippen molar-refractivity contribution in [1.29, 1.82) is 0 Å². The Balaban J connectivity index is 0.00000450. The van der Waals surface area contributed by atoms with Crippen molar-refractivity contribution in [1.82, 2.24) is 14.9 Å². The summed E-state index contributed by atoms with van der Waals surface area (Å²) in [5.74, 6) is 0.372. The first-order chi connectivity index (χ1) is 13.6. The van der Waals surface area contributed by atoms with Crippen LogP contribution in [0.15, 0.2) is 52.4 Å². The molecule has 9 heteroatoms. The molecule has 2 N–H and O–H groups in total. The van der Waals surface area contributed by atoms with E-state index >= 15 is 0 Å². The quantitative estimate of drug-likeness (QED) is 0.314. The Labute approximate surface area is 196 Å². The van der Waals surface area contributed by atoms with Crippen LogP contribution >= 0.6 is 24.0 Å². The molecule has 0 aliphatic carbocycles. The molecular formula is C21H30FIN4O2S. The Morgan fingerprint density at radius 3 is 2.33 bits per heavy atom. The van der Waals surface area contributed by atoms with Crippen LogP contribution in [0.4, 0.5) is 4.39 Å². The number of nitrogens with zero attached hydrogens (tertiary/aromatic N) is 2. The molecule has 2 aromatic rings. The molecule has 1 unspecified atom stereocenters. The first kappa shape index (κ1) is 26.3. The van der Waals surface area contributed by atoms with E-state index in [1.54, 1.807) is 37.3 Å². The van der Waals surface area contributed by atoms with Crippen molar-refractivity contribution in [3.05, 3.63) is 65.0 Å². The summed E-state index contributed by atoms with van der Waals surface area (Å²) < 4.78 is 39.3. The van der Waals surface area contributed by atoms with E-state index in [2.05, 4.69) is 15.6 Å². The van der Waals surface area contributed by atoms with Gasteiger partial charge in [-0.3, -0.25) is 0 Å². The van der Waals surface area contributed by atoms with Gasteiger partial charge in [0.2, 0.25) is 10.0 Å². The Morgan fingerprint density at radius 2 is 1.80 bits per heavy atom. The second-order valence-corrected chi connectivity index (χ2v) is 9.15. The summed E-state index contributed by atoms with van der Waals surface area (Å²) in [7, 11) is -0.439. The molecule has 2 aromatic carbocycles. The number of benzene rings is 2. The van der Waals surface area contributed by atoms with Gasteiger partial charge in [-0.15, -0.1) is 24.0 Å². The number of nitrogens with one attached hydrogen (secondary N) is 2. The molecule has 0 spiro atoms. The van der Waals surface area contributed by atoms with Gasteiger partial charge in [0.05, 0.1) is 17.5 Å². The van der Waals surface area contributed by atoms with Crippen molar-refractivity contribution in [3.8, 4) is 0 Å². The van der Waals surface area contributed by atoms with E-state index in [0.29, 0.717) is 24.6 Å². The van der Waals surface area contributed by atoms with Crippen molar-refractivity contribution in [2.75, 3.05) is 20.6 Å². The van der Waals surface area contributed by atoms with Crippen LogP contribution in [0.1, 0.15) is 36.6 Å². The maximum absolute atomic E-state index is 13.8. The molecule has 30 heavy (non-hydrogen) atoms. The number of aliphatic imine (C=N–C) groups is 1. The molecule has 0 saturated heterocycles. The van der Waals surface area contributed by atoms with E-state index in [0.717, 1.165) is 11.1 Å². The first-order valence-electron chi connectivity index (χ1n) is 9.47. The minimum atomic E-state index is -3.44. The van der Waals surface area contributed by atoms with Gasteiger partial charge in [-0.05, 0) is 55.7 Å². The number of sulfonamides is 1. The minimum Gasteiger partial charge on any atom is -0.357 e. The Kier molecular flexibility index (Phi) is 10.2. The van der Waals surface area contributed by atoms with Crippen molar-refractivity contribution < 1.29 is 12.8 Å². The second kappa shape index (κ2) is 11.6. The molecular weight excluding hydrogens is 518 g/mol. The number of rotatable bonds is 7. The van der Waals surface area contributed by atoms with E-state index in [-0.39, 0.29) is 40.7 Å². The molecule has 2 rings (SSSR count). The maximum atomic E-state index is 13.8. The highest BCUT2D eigenvalue weighted by Gasteiger charge is 2.16. The highest BCUT2D eigenvalue weighted by molar-refractivity contribution is 14.0. The zero-order chi connectivity index (χ0) is 21.6. The molecule has 0 saturated carbocycles. The van der Waals surface area contributed by atoms with Crippen LogP contribution in [0.2, 0.25) is 0 Å². The molecule has 0 aliphatic rings. The van der Waals surface area contributed by atoms with Crippen LogP contribution in [0.25, 0.3) is 0 Å². The average molecular weight is 548 g/mol. The lowest BCUT2D eigenvalue weighted by molar-refractivity contribution is 0.520. The molecule has 1 atom stereocenters. The van der Waals surface area contributed by atoms with Crippen molar-refractivity contribution in [3.63, 3.8) is 0 Å². The standard InChI is InChI=1S/C21H29FN4O2S.HI/c1-6-23-21(25-16(3)18-10-7-15(2)20(22)13-18)24-14-17-8-11-19(12-9-17)29(27,28)26(4)5;/h7-13,16H,6,14H2,1-5H3,(H2,23,24,25);1H. The number of hydrogen-bond acceptors (Lipinski definition) is 3. The van der Waals surface area contributed by atoms with Gasteiger partial charge in [-0.25, -0.2) is 22.1 Å². The summed E-state index contributed by atoms with van der Waals surface area (Å²) >= 11 is 0. The second-order valence-electron chi connectivity index (χ2n) is 7.00. The molecule has 166 valence electrons. The Hall–Kier alpha value is -1.72. The van der Waals surface area contributed by atoms with Crippen LogP contribution in [0.5, 0.6) is 0 Å². The smallest absolute Gasteiger partial charge is 0.242 e. The van der Waals surface area contributed by atoms with E-state index in [9.17, 15) is 12.8 Å². The number of aryl methyl sites for hydroxylation is 1. The van der Waals surface area contributed by atoms with Crippen LogP contribution in [-0.2, 0) is 16.6 Å². The van der Waals surface area contributed by atoms with Crippen LogP contribution in [0.3, 0.4) is 0 Å². The van der Waals surface area contributed by atoms with E-state index < -0.39 is 10.0 Å². The molecule has 0 fully saturated rings. The number of hydrogen-bond donors (Lipinski definition) is 2. The van der Waals surface area contributed by atoms with Gasteiger partial charge in [0.1, 0.15) is 5.82 Å². The summed E-state index contributed by atoms with van der Waals surface area (Å²) in [5.41, 5.74) is 2.33. The lowest BCUT2D eigenvalue weighted by Gasteiger charge is -2.18. The Bertz CT molecular complexity index is 963.